The van der Waals surface area contributed by atoms with Gasteiger partial charge in [0.2, 0.25) is 0 Å². The molecular weight excluding hydrogens is 310 g/mol. The summed E-state index contributed by atoms with van der Waals surface area (Å²) in [5.74, 6) is -0.652. The number of halogens is 2. The first kappa shape index (κ1) is 12.2. The summed E-state index contributed by atoms with van der Waals surface area (Å²) in [7, 11) is 0. The largest absolute Gasteiger partial charge is 0.462 e. The van der Waals surface area contributed by atoms with E-state index in [0.717, 1.165) is 5.56 Å². The van der Waals surface area contributed by atoms with Crippen LogP contribution in [0.4, 0.5) is 4.39 Å². The highest BCUT2D eigenvalue weighted by Gasteiger charge is 2.05. The minimum Gasteiger partial charge on any atom is -0.462 e. The summed E-state index contributed by atoms with van der Waals surface area (Å²) in [6, 6.07) is 5.91. The monoisotopic (exact) mass is 320 g/mol. The lowest BCUT2D eigenvalue weighted by atomic mass is 10.2. The number of carbonyl (C=O) groups excluding carboxylic acids is 1. The second kappa shape index (κ2) is 5.85. The molecule has 2 nitrogen and oxygen atoms in total. The van der Waals surface area contributed by atoms with E-state index in [-0.39, 0.29) is 11.8 Å². The zero-order chi connectivity index (χ0) is 11.3. The topological polar surface area (TPSA) is 26.3 Å². The molecule has 80 valence electrons. The number of rotatable bonds is 3. The van der Waals surface area contributed by atoms with E-state index >= 15 is 0 Å². The van der Waals surface area contributed by atoms with Crippen molar-refractivity contribution in [2.45, 2.75) is 6.92 Å². The van der Waals surface area contributed by atoms with Gasteiger partial charge in [-0.3, -0.25) is 0 Å². The van der Waals surface area contributed by atoms with Gasteiger partial charge in [-0.25, -0.2) is 9.18 Å². The zero-order valence-electron chi connectivity index (χ0n) is 8.17. The average molecular weight is 320 g/mol. The Kier molecular flexibility index (Phi) is 4.74. The molecule has 0 amide bonds. The van der Waals surface area contributed by atoms with Crippen molar-refractivity contribution >= 4 is 34.6 Å². The van der Waals surface area contributed by atoms with Gasteiger partial charge >= 0.3 is 5.97 Å². The van der Waals surface area contributed by atoms with Gasteiger partial charge in [0.05, 0.1) is 10.2 Å². The molecule has 0 saturated carbocycles. The van der Waals surface area contributed by atoms with E-state index in [1.165, 1.54) is 12.1 Å². The van der Waals surface area contributed by atoms with E-state index in [0.29, 0.717) is 10.2 Å². The molecule has 1 rings (SSSR count). The van der Waals surface area contributed by atoms with Crippen LogP contribution in [-0.2, 0) is 9.53 Å². The van der Waals surface area contributed by atoms with Crippen LogP contribution in [0, 0.1) is 5.82 Å². The zero-order valence-corrected chi connectivity index (χ0v) is 10.3. The predicted octanol–water partition coefficient (Wildman–Crippen LogP) is 3.16. The van der Waals surface area contributed by atoms with Gasteiger partial charge in [0.25, 0.3) is 0 Å². The highest BCUT2D eigenvalue weighted by molar-refractivity contribution is 14.1. The van der Waals surface area contributed by atoms with Crippen LogP contribution in [-0.4, -0.2) is 12.6 Å². The molecule has 0 aromatic heterocycles. The second-order valence-corrected chi connectivity index (χ2v) is 3.93. The van der Waals surface area contributed by atoms with Gasteiger partial charge in [-0.1, -0.05) is 12.1 Å². The molecule has 4 heteroatoms. The van der Waals surface area contributed by atoms with Gasteiger partial charge in [-0.15, -0.1) is 0 Å². The van der Waals surface area contributed by atoms with E-state index in [1.54, 1.807) is 25.1 Å². The molecule has 1 aromatic rings. The van der Waals surface area contributed by atoms with Crippen molar-refractivity contribution in [1.29, 1.82) is 0 Å². The summed E-state index contributed by atoms with van der Waals surface area (Å²) in [5.41, 5.74) is 0.772. The van der Waals surface area contributed by atoms with E-state index in [9.17, 15) is 9.18 Å². The number of esters is 1. The quantitative estimate of drug-likeness (QED) is 0.486. The summed E-state index contributed by atoms with van der Waals surface area (Å²) in [6.07, 6.45) is 1.65. The van der Waals surface area contributed by atoms with Crippen molar-refractivity contribution in [2.24, 2.45) is 0 Å². The highest BCUT2D eigenvalue weighted by atomic mass is 127. The molecule has 0 fully saturated rings. The molecule has 0 bridgehead atoms. The van der Waals surface area contributed by atoms with E-state index in [4.69, 9.17) is 4.74 Å². The van der Waals surface area contributed by atoms with Crippen LogP contribution in [0.25, 0.3) is 6.08 Å². The van der Waals surface area contributed by atoms with E-state index in [2.05, 4.69) is 0 Å². The summed E-state index contributed by atoms with van der Waals surface area (Å²) in [6.45, 7) is 2.10. The first-order valence-corrected chi connectivity index (χ1v) is 5.51. The normalized spacial score (nSPS) is 11.3. The molecule has 0 radical (unpaired) electrons. The van der Waals surface area contributed by atoms with Gasteiger partial charge in [-0.05, 0) is 53.3 Å². The van der Waals surface area contributed by atoms with Crippen LogP contribution in [0.5, 0.6) is 0 Å². The molecule has 0 spiro atoms. The standard InChI is InChI=1S/C11H10FIO2/c1-2-15-11(14)10(13)7-8-3-5-9(12)6-4-8/h3-7H,2H2,1H3/b10-7-. The van der Waals surface area contributed by atoms with Crippen molar-refractivity contribution in [3.63, 3.8) is 0 Å². The summed E-state index contributed by atoms with van der Waals surface area (Å²) < 4.78 is 17.9. The lowest BCUT2D eigenvalue weighted by molar-refractivity contribution is -0.137. The minimum atomic E-state index is -0.359. The Bertz CT molecular complexity index is 371. The Labute approximate surface area is 101 Å². The van der Waals surface area contributed by atoms with Crippen molar-refractivity contribution in [1.82, 2.24) is 0 Å². The number of ether oxygens (including phenoxy) is 1. The molecule has 0 aliphatic heterocycles. The fraction of sp³-hybridized carbons (Fsp3) is 0.182. The number of carbonyl (C=O) groups is 1. The summed E-state index contributed by atoms with van der Waals surface area (Å²) >= 11 is 1.90. The molecule has 0 aliphatic carbocycles. The average Bonchev–Trinajstić information content (AvgIpc) is 2.22. The van der Waals surface area contributed by atoms with Crippen molar-refractivity contribution in [2.75, 3.05) is 6.61 Å². The molecule has 0 unspecified atom stereocenters. The number of hydrogen-bond acceptors (Lipinski definition) is 2. The minimum absolute atomic E-state index is 0.293. The Morgan fingerprint density at radius 1 is 1.47 bits per heavy atom. The maximum atomic E-state index is 12.6. The molecule has 0 aliphatic rings. The fourth-order valence-corrected chi connectivity index (χ4v) is 1.48. The SMILES string of the molecule is CCOC(=O)/C(I)=C/c1ccc(F)cc1. The van der Waals surface area contributed by atoms with Gasteiger partial charge in [-0.2, -0.15) is 0 Å². The lowest BCUT2D eigenvalue weighted by Gasteiger charge is -2.00. The van der Waals surface area contributed by atoms with Crippen LogP contribution in [0.15, 0.2) is 27.8 Å². The van der Waals surface area contributed by atoms with Gasteiger partial charge in [0, 0.05) is 0 Å². The van der Waals surface area contributed by atoms with Crippen molar-refractivity contribution in [3.8, 4) is 0 Å². The van der Waals surface area contributed by atoms with Crippen LogP contribution < -0.4 is 0 Å². The van der Waals surface area contributed by atoms with Gasteiger partial charge in [0.15, 0.2) is 0 Å². The Hall–Kier alpha value is -0.910. The molecule has 15 heavy (non-hydrogen) atoms. The molecule has 0 N–H and O–H groups in total. The molecular formula is C11H10FIO2. The first-order chi connectivity index (χ1) is 7.13. The Balaban J connectivity index is 2.78. The maximum absolute atomic E-state index is 12.6. The molecule has 0 saturated heterocycles. The molecule has 0 heterocycles. The summed E-state index contributed by atoms with van der Waals surface area (Å²) in [5, 5.41) is 0. The first-order valence-electron chi connectivity index (χ1n) is 4.43. The van der Waals surface area contributed by atoms with Crippen LogP contribution in [0.2, 0.25) is 0 Å². The second-order valence-electron chi connectivity index (χ2n) is 2.76. The van der Waals surface area contributed by atoms with Crippen LogP contribution >= 0.6 is 22.6 Å². The Morgan fingerprint density at radius 3 is 2.60 bits per heavy atom. The summed E-state index contributed by atoms with van der Waals surface area (Å²) in [4.78, 5) is 11.2. The van der Waals surface area contributed by atoms with Gasteiger partial charge in [0.1, 0.15) is 5.82 Å². The van der Waals surface area contributed by atoms with Gasteiger partial charge < -0.3 is 4.74 Å². The van der Waals surface area contributed by atoms with Crippen LogP contribution in [0.3, 0.4) is 0 Å². The molecule has 0 atom stereocenters. The van der Waals surface area contributed by atoms with Crippen molar-refractivity contribution in [3.05, 3.63) is 39.2 Å². The Morgan fingerprint density at radius 2 is 2.07 bits per heavy atom. The number of benzene rings is 1. The van der Waals surface area contributed by atoms with E-state index in [1.807, 2.05) is 22.6 Å². The smallest absolute Gasteiger partial charge is 0.344 e. The maximum Gasteiger partial charge on any atom is 0.344 e. The predicted molar refractivity (Wildman–Crippen MR) is 65.0 cm³/mol. The van der Waals surface area contributed by atoms with E-state index < -0.39 is 0 Å². The third-order valence-electron chi connectivity index (χ3n) is 1.63. The lowest BCUT2D eigenvalue weighted by Crippen LogP contribution is -2.02. The van der Waals surface area contributed by atoms with Crippen LogP contribution in [0.1, 0.15) is 12.5 Å². The third kappa shape index (κ3) is 3.99. The third-order valence-corrected chi connectivity index (χ3v) is 2.39. The van der Waals surface area contributed by atoms with Crippen molar-refractivity contribution < 1.29 is 13.9 Å². The highest BCUT2D eigenvalue weighted by Crippen LogP contribution is 2.14. The number of hydrogen-bond donors (Lipinski definition) is 0. The molecule has 1 aromatic carbocycles. The fourth-order valence-electron chi connectivity index (χ4n) is 0.964.